The Balaban J connectivity index is 0. The van der Waals surface area contributed by atoms with Crippen molar-refractivity contribution in [3.63, 3.8) is 0 Å². The summed E-state index contributed by atoms with van der Waals surface area (Å²) in [6, 6.07) is 0. The molecule has 0 bridgehead atoms. The molecule has 5 heteroatoms. The summed E-state index contributed by atoms with van der Waals surface area (Å²) < 4.78 is -0.424. The zero-order valence-corrected chi connectivity index (χ0v) is 10.1. The van der Waals surface area contributed by atoms with Crippen LogP contribution in [0.5, 0.6) is 0 Å². The zero-order chi connectivity index (χ0) is 7.21. The maximum atomic E-state index is 5.50. The Kier molecular flexibility index (Phi) is 9.35. The van der Waals surface area contributed by atoms with Crippen molar-refractivity contribution in [1.82, 2.24) is 4.91 Å². The summed E-state index contributed by atoms with van der Waals surface area (Å²) in [4.78, 5) is 2.00. The number of nitrogens with one attached hydrogen (secondary N) is 2. The van der Waals surface area contributed by atoms with E-state index in [2.05, 4.69) is 19.6 Å². The van der Waals surface area contributed by atoms with Gasteiger partial charge in [0, 0.05) is 0 Å². The minimum Gasteiger partial charge on any atom is 0.103 e. The Morgan fingerprint density at radius 3 is 1.25 bits per heavy atom. The summed E-state index contributed by atoms with van der Waals surface area (Å²) >= 11 is 1.14. The predicted octanol–water partition coefficient (Wildman–Crippen LogP) is 1.11. The fraction of sp³-hybridized carbons (Fsp3) is 1.00. The zero-order valence-electron chi connectivity index (χ0n) is 5.95. The topological polar surface area (TPSA) is 61.8 Å². The molecule has 0 heterocycles. The Labute approximate surface area is 82.5 Å². The molecule has 0 spiro atoms. The van der Waals surface area contributed by atoms with Crippen LogP contribution in [0.15, 0.2) is 0 Å². The van der Waals surface area contributed by atoms with Crippen molar-refractivity contribution in [3.8, 4) is 0 Å². The molecule has 0 aliphatic heterocycles. The van der Waals surface area contributed by atoms with Crippen LogP contribution in [0.3, 0.4) is 0 Å². The van der Waals surface area contributed by atoms with Crippen LogP contribution in [-0.2, 0) is 0 Å². The van der Waals surface area contributed by atoms with Crippen molar-refractivity contribution in [3.05, 3.63) is 0 Å². The van der Waals surface area contributed by atoms with Crippen molar-refractivity contribution >= 4 is 48.4 Å². The molecule has 0 saturated heterocycles. The molecule has 0 aromatic rings. The van der Waals surface area contributed by atoms with Crippen molar-refractivity contribution in [2.45, 2.75) is 19.6 Å². The fourth-order valence-corrected chi connectivity index (χ4v) is 0. The Morgan fingerprint density at radius 2 is 1.25 bits per heavy atom. The number of hydrogen-bond acceptors (Lipinski definition) is 2. The van der Waals surface area contributed by atoms with E-state index in [1.165, 1.54) is 0 Å². The van der Waals surface area contributed by atoms with E-state index in [-0.39, 0.29) is 0 Å². The average molecular weight is 156 g/mol. The summed E-state index contributed by atoms with van der Waals surface area (Å²) in [5.74, 6) is 0. The third-order valence-electron chi connectivity index (χ3n) is 0. The predicted molar refractivity (Wildman–Crippen MR) is 36.7 cm³/mol. The van der Waals surface area contributed by atoms with E-state index < -0.39 is 0.755 Å². The van der Waals surface area contributed by atoms with Crippen molar-refractivity contribution in [2.75, 3.05) is 0 Å². The smallest absolute Gasteiger partial charge is 0.103 e. The van der Waals surface area contributed by atoms with Gasteiger partial charge in [0.25, 0.3) is 0 Å². The van der Waals surface area contributed by atoms with Gasteiger partial charge in [-0.1, -0.05) is 0 Å². The van der Waals surface area contributed by atoms with Gasteiger partial charge in [-0.25, -0.2) is 0 Å². The molecule has 0 saturated carbocycles. The van der Waals surface area contributed by atoms with Crippen LogP contribution in [0.25, 0.3) is 0 Å². The third-order valence-corrected chi connectivity index (χ3v) is 0. The fourth-order valence-electron chi connectivity index (χ4n) is 0. The maximum Gasteiger partial charge on any atom is 0.211 e. The molecule has 0 fully saturated rings. The van der Waals surface area contributed by atoms with Crippen LogP contribution in [0.2, 0.25) is 19.6 Å². The van der Waals surface area contributed by atoms with Gasteiger partial charge in [-0.2, -0.15) is 0 Å². The molecule has 8 heavy (non-hydrogen) atoms. The number of rotatable bonds is 0. The molecule has 0 aromatic heterocycles. The molecule has 0 unspecified atom stereocenters. The van der Waals surface area contributed by atoms with E-state index >= 15 is 0 Å². The first kappa shape index (κ1) is 11.9. The second kappa shape index (κ2) is 6.29. The van der Waals surface area contributed by atoms with E-state index in [0.29, 0.717) is 0 Å². The van der Waals surface area contributed by atoms with Crippen LogP contribution in [0, 0.1) is 11.1 Å². The number of hydrogen-bond donors (Lipinski definition) is 2. The van der Waals surface area contributed by atoms with Gasteiger partial charge < -0.3 is 0 Å². The van der Waals surface area contributed by atoms with Gasteiger partial charge in [-0.05, 0) is 0 Å². The van der Waals surface area contributed by atoms with Gasteiger partial charge in [0.05, 0.1) is 0 Å². The minimum atomic E-state index is -0.424. The molecule has 2 N–H and O–H groups in total. The maximum absolute atomic E-state index is 5.50. The van der Waals surface area contributed by atoms with E-state index in [4.69, 9.17) is 11.1 Å². The van der Waals surface area contributed by atoms with Crippen molar-refractivity contribution in [1.29, 1.82) is 11.1 Å². The molecule has 0 radical (unpaired) electrons. The Hall–Kier alpha value is 1.16. The molecular weight excluding hydrogens is 145 g/mol. The van der Waals surface area contributed by atoms with Crippen molar-refractivity contribution in [2.24, 2.45) is 0 Å². The first-order valence-electron chi connectivity index (χ1n) is 2.45. The minimum absolute atomic E-state index is 0.424. The molecule has 0 amide bonds. The van der Waals surface area contributed by atoms with E-state index in [1.54, 1.807) is 0 Å². The van der Waals surface area contributed by atoms with Gasteiger partial charge in [-0.15, -0.1) is 0 Å². The second-order valence-electron chi connectivity index (χ2n) is 3.11. The first-order valence-corrected chi connectivity index (χ1v) is 11.1. The summed E-state index contributed by atoms with van der Waals surface area (Å²) in [7, 11) is 0. The largest absolute Gasteiger partial charge is 0.211 e. The Morgan fingerprint density at radius 1 is 1.25 bits per heavy atom. The van der Waals surface area contributed by atoms with Crippen LogP contribution >= 0.6 is 0 Å². The van der Waals surface area contributed by atoms with E-state index in [1.807, 2.05) is 4.91 Å². The summed E-state index contributed by atoms with van der Waals surface area (Å²) in [6.07, 6.45) is 0. The second-order valence-corrected chi connectivity index (χ2v) is 23.2. The number of nitrogens with zero attached hydrogens (tertiary/aromatic N) is 1. The molecule has 0 aliphatic carbocycles. The molecule has 0 rings (SSSR count). The van der Waals surface area contributed by atoms with Gasteiger partial charge >= 0.3 is 68.1 Å². The first-order chi connectivity index (χ1) is 3.41. The SMILES string of the molecule is C[Si](C)(C)[K].N=[N+]=N. The quantitative estimate of drug-likeness (QED) is 0.300. The average Bonchev–Trinajstić information content (AvgIpc) is 1.27. The van der Waals surface area contributed by atoms with Crippen molar-refractivity contribution < 1.29 is 0 Å². The van der Waals surface area contributed by atoms with Crippen LogP contribution in [0.1, 0.15) is 0 Å². The van der Waals surface area contributed by atoms with E-state index in [9.17, 15) is 0 Å². The molecular formula is C3H11KN3Si+. The standard InChI is InChI=1S/C3H9Si.K.H2N3/c1-4(2)3;;1-3-2/h1-3H3;;1-2H/q;;+1. The van der Waals surface area contributed by atoms with Crippen LogP contribution < -0.4 is 4.91 Å². The molecule has 0 atom stereocenters. The third kappa shape index (κ3) is 201. The monoisotopic (exact) mass is 156 g/mol. The van der Waals surface area contributed by atoms with Gasteiger partial charge in [0.1, 0.15) is 11.1 Å². The molecule has 0 aliphatic rings. The van der Waals surface area contributed by atoms with Crippen LogP contribution in [0.4, 0.5) is 0 Å². The van der Waals surface area contributed by atoms with Crippen LogP contribution in [-0.4, -0.2) is 48.4 Å². The normalized spacial score (nSPS) is 8.62. The molecule has 0 aromatic carbocycles. The summed E-state index contributed by atoms with van der Waals surface area (Å²) in [5, 5.41) is 0. The van der Waals surface area contributed by atoms with Gasteiger partial charge in [-0.3, -0.25) is 0 Å². The summed E-state index contributed by atoms with van der Waals surface area (Å²) in [6.45, 7) is 7.23. The molecule has 3 nitrogen and oxygen atoms in total. The van der Waals surface area contributed by atoms with Gasteiger partial charge in [0.2, 0.25) is 4.91 Å². The Bertz CT molecular complexity index is 75.0. The van der Waals surface area contributed by atoms with E-state index in [0.717, 1.165) is 47.7 Å². The summed E-state index contributed by atoms with van der Waals surface area (Å²) in [5.41, 5.74) is 11.0. The van der Waals surface area contributed by atoms with Gasteiger partial charge in [0.15, 0.2) is 0 Å². The molecule has 42 valence electrons.